The summed E-state index contributed by atoms with van der Waals surface area (Å²) >= 11 is 0. The Bertz CT molecular complexity index is 753. The minimum Gasteiger partial charge on any atom is -0.496 e. The zero-order valence-electron chi connectivity index (χ0n) is 12.0. The van der Waals surface area contributed by atoms with E-state index >= 15 is 0 Å². The van der Waals surface area contributed by atoms with Gasteiger partial charge in [-0.15, -0.1) is 0 Å². The first-order chi connectivity index (χ1) is 10.6. The molecule has 2 aromatic carbocycles. The number of fused-ring (bicyclic) bond motifs is 1. The smallest absolute Gasteiger partial charge is 0.458 e. The monoisotopic (exact) mass is 334 g/mol. The van der Waals surface area contributed by atoms with Gasteiger partial charge >= 0.3 is 18.1 Å². The molecule has 0 radical (unpaired) electrons. The molecule has 0 saturated heterocycles. The summed E-state index contributed by atoms with van der Waals surface area (Å²) < 4.78 is 75.4. The maximum atomic E-state index is 13.9. The number of halogens is 5. The van der Waals surface area contributed by atoms with Crippen molar-refractivity contribution in [2.75, 3.05) is 14.2 Å². The van der Waals surface area contributed by atoms with Crippen LogP contribution in [0.5, 0.6) is 5.75 Å². The van der Waals surface area contributed by atoms with Crippen molar-refractivity contribution in [2.24, 2.45) is 0 Å². The van der Waals surface area contributed by atoms with Gasteiger partial charge in [-0.05, 0) is 29.0 Å². The number of ether oxygens (including phenoxy) is 2. The van der Waals surface area contributed by atoms with E-state index in [1.807, 2.05) is 0 Å². The van der Waals surface area contributed by atoms with Crippen molar-refractivity contribution in [1.29, 1.82) is 0 Å². The summed E-state index contributed by atoms with van der Waals surface area (Å²) in [6.07, 6.45) is -5.81. The molecule has 0 aromatic heterocycles. The third-order valence-corrected chi connectivity index (χ3v) is 3.32. The van der Waals surface area contributed by atoms with E-state index in [2.05, 4.69) is 9.47 Å². The molecule has 0 fully saturated rings. The highest BCUT2D eigenvalue weighted by Crippen LogP contribution is 2.49. The van der Waals surface area contributed by atoms with Gasteiger partial charge in [0, 0.05) is 0 Å². The topological polar surface area (TPSA) is 35.5 Å². The van der Waals surface area contributed by atoms with Gasteiger partial charge in [-0.3, -0.25) is 0 Å². The molecule has 0 saturated carbocycles. The number of alkyl halides is 5. The number of carbonyl (C=O) groups is 1. The molecule has 0 N–H and O–H groups in total. The fourth-order valence-electron chi connectivity index (χ4n) is 2.26. The van der Waals surface area contributed by atoms with Crippen LogP contribution < -0.4 is 4.74 Å². The van der Waals surface area contributed by atoms with Crippen molar-refractivity contribution in [3.63, 3.8) is 0 Å². The molecule has 0 bridgehead atoms. The Kier molecular flexibility index (Phi) is 4.19. The van der Waals surface area contributed by atoms with E-state index in [-0.39, 0.29) is 10.9 Å². The van der Waals surface area contributed by atoms with Crippen LogP contribution in [0.4, 0.5) is 22.0 Å². The van der Waals surface area contributed by atoms with E-state index in [0.717, 1.165) is 26.4 Å². The van der Waals surface area contributed by atoms with Crippen molar-refractivity contribution < 1.29 is 36.2 Å². The summed E-state index contributed by atoms with van der Waals surface area (Å²) in [5, 5.41) is -0.520. The van der Waals surface area contributed by atoms with Crippen LogP contribution in [0.15, 0.2) is 30.3 Å². The fourth-order valence-corrected chi connectivity index (χ4v) is 2.26. The predicted molar refractivity (Wildman–Crippen MR) is 71.8 cm³/mol. The van der Waals surface area contributed by atoms with Gasteiger partial charge in [0.1, 0.15) is 5.75 Å². The second kappa shape index (κ2) is 5.68. The van der Waals surface area contributed by atoms with E-state index in [4.69, 9.17) is 0 Å². The molecule has 0 heterocycles. The first-order valence-electron chi connectivity index (χ1n) is 6.28. The van der Waals surface area contributed by atoms with Gasteiger partial charge in [0.25, 0.3) is 0 Å². The summed E-state index contributed by atoms with van der Waals surface area (Å²) in [6.45, 7) is 0. The first kappa shape index (κ1) is 17.0. The predicted octanol–water partition coefficient (Wildman–Crippen LogP) is 4.29. The molecule has 0 spiro atoms. The molecule has 3 nitrogen and oxygen atoms in total. The average molecular weight is 334 g/mol. The van der Waals surface area contributed by atoms with Gasteiger partial charge in [-0.1, -0.05) is 12.1 Å². The van der Waals surface area contributed by atoms with Crippen molar-refractivity contribution in [3.05, 3.63) is 41.5 Å². The molecule has 0 aliphatic rings. The van der Waals surface area contributed by atoms with Crippen LogP contribution in [0.3, 0.4) is 0 Å². The summed E-state index contributed by atoms with van der Waals surface area (Å²) in [7, 11) is 2.07. The Hall–Kier alpha value is -2.38. The Morgan fingerprint density at radius 1 is 0.957 bits per heavy atom. The first-order valence-corrected chi connectivity index (χ1v) is 6.28. The number of hydrogen-bond donors (Lipinski definition) is 0. The standard InChI is InChI=1S/C15H11F5O3/c1-22-11-7-6-8-9(4-3-5-10(8)13(21)23-2)12(11)14(16,17)15(18,19)20/h3-7H,1-2H3. The van der Waals surface area contributed by atoms with E-state index in [0.29, 0.717) is 0 Å². The molecule has 0 amide bonds. The number of carbonyl (C=O) groups excluding carboxylic acids is 1. The number of methoxy groups -OCH3 is 2. The van der Waals surface area contributed by atoms with E-state index in [1.54, 1.807) is 0 Å². The highest BCUT2D eigenvalue weighted by atomic mass is 19.4. The van der Waals surface area contributed by atoms with Crippen LogP contribution in [-0.2, 0) is 10.7 Å². The Morgan fingerprint density at radius 3 is 2.13 bits per heavy atom. The van der Waals surface area contributed by atoms with Crippen LogP contribution in [0.1, 0.15) is 15.9 Å². The second-order valence-electron chi connectivity index (χ2n) is 4.61. The lowest BCUT2D eigenvalue weighted by atomic mass is 9.95. The highest BCUT2D eigenvalue weighted by molar-refractivity contribution is 6.06. The maximum Gasteiger partial charge on any atom is 0.458 e. The second-order valence-corrected chi connectivity index (χ2v) is 4.61. The molecule has 0 aliphatic heterocycles. The van der Waals surface area contributed by atoms with Crippen molar-refractivity contribution in [1.82, 2.24) is 0 Å². The fraction of sp³-hybridized carbons (Fsp3) is 0.267. The largest absolute Gasteiger partial charge is 0.496 e. The van der Waals surface area contributed by atoms with E-state index in [1.165, 1.54) is 18.2 Å². The number of esters is 1. The van der Waals surface area contributed by atoms with Crippen LogP contribution in [0, 0.1) is 0 Å². The quantitative estimate of drug-likeness (QED) is 0.620. The average Bonchev–Trinajstić information content (AvgIpc) is 2.50. The molecule has 23 heavy (non-hydrogen) atoms. The minimum atomic E-state index is -5.81. The summed E-state index contributed by atoms with van der Waals surface area (Å²) in [5.41, 5.74) is -1.46. The third kappa shape index (κ3) is 2.69. The molecule has 2 aromatic rings. The van der Waals surface area contributed by atoms with Crippen LogP contribution in [0.2, 0.25) is 0 Å². The molecule has 0 aliphatic carbocycles. The molecule has 0 unspecified atom stereocenters. The van der Waals surface area contributed by atoms with Gasteiger partial charge in [-0.25, -0.2) is 4.79 Å². The Morgan fingerprint density at radius 2 is 1.61 bits per heavy atom. The lowest BCUT2D eigenvalue weighted by molar-refractivity contribution is -0.289. The Labute approximate surface area is 127 Å². The Balaban J connectivity index is 2.90. The van der Waals surface area contributed by atoms with Gasteiger partial charge in [-0.2, -0.15) is 22.0 Å². The van der Waals surface area contributed by atoms with Crippen molar-refractivity contribution in [3.8, 4) is 5.75 Å². The minimum absolute atomic E-state index is 0.0842. The summed E-state index contributed by atoms with van der Waals surface area (Å²) in [6, 6.07) is 5.74. The van der Waals surface area contributed by atoms with Crippen LogP contribution in [0.25, 0.3) is 10.8 Å². The maximum absolute atomic E-state index is 13.9. The normalized spacial score (nSPS) is 12.3. The summed E-state index contributed by atoms with van der Waals surface area (Å²) in [4.78, 5) is 11.7. The van der Waals surface area contributed by atoms with Gasteiger partial charge in [0.05, 0.1) is 25.3 Å². The molecule has 2 rings (SSSR count). The molecular formula is C15H11F5O3. The van der Waals surface area contributed by atoms with Gasteiger partial charge in [0.2, 0.25) is 0 Å². The zero-order valence-corrected chi connectivity index (χ0v) is 12.0. The number of rotatable bonds is 3. The molecular weight excluding hydrogens is 323 g/mol. The van der Waals surface area contributed by atoms with Crippen molar-refractivity contribution >= 4 is 16.7 Å². The molecule has 124 valence electrons. The SMILES string of the molecule is COC(=O)c1cccc2c(C(F)(F)C(F)(F)F)c(OC)ccc12. The van der Waals surface area contributed by atoms with Crippen molar-refractivity contribution in [2.45, 2.75) is 12.1 Å². The summed E-state index contributed by atoms with van der Waals surface area (Å²) in [5.74, 6) is -6.61. The van der Waals surface area contributed by atoms with E-state index < -0.39 is 34.8 Å². The lowest BCUT2D eigenvalue weighted by Gasteiger charge is -2.24. The number of hydrogen-bond acceptors (Lipinski definition) is 3. The van der Waals surface area contributed by atoms with E-state index in [9.17, 15) is 26.7 Å². The molecule has 0 atom stereocenters. The number of benzene rings is 2. The third-order valence-electron chi connectivity index (χ3n) is 3.32. The van der Waals surface area contributed by atoms with Crippen LogP contribution in [-0.4, -0.2) is 26.4 Å². The van der Waals surface area contributed by atoms with Gasteiger partial charge in [0.15, 0.2) is 0 Å². The lowest BCUT2D eigenvalue weighted by Crippen LogP contribution is -2.34. The van der Waals surface area contributed by atoms with Gasteiger partial charge < -0.3 is 9.47 Å². The highest BCUT2D eigenvalue weighted by Gasteiger charge is 2.60. The molecule has 8 heteroatoms. The zero-order chi connectivity index (χ0) is 17.4. The van der Waals surface area contributed by atoms with Crippen LogP contribution >= 0.6 is 0 Å².